The Morgan fingerprint density at radius 2 is 1.80 bits per heavy atom. The minimum atomic E-state index is -0.499. The molecule has 0 spiro atoms. The van der Waals surface area contributed by atoms with Gasteiger partial charge >= 0.3 is 0 Å². The number of hydrogen-bond donors (Lipinski definition) is 1. The molecule has 1 saturated carbocycles. The van der Waals surface area contributed by atoms with Gasteiger partial charge in [-0.15, -0.1) is 11.8 Å². The first kappa shape index (κ1) is 18.3. The van der Waals surface area contributed by atoms with Crippen LogP contribution in [0, 0.1) is 44.1 Å². The molecule has 1 N–H and O–H groups in total. The molecule has 0 aliphatic heterocycles. The molecule has 7 nitrogen and oxygen atoms in total. The zero-order chi connectivity index (χ0) is 18.2. The standard InChI is InChI=1S/C17H15N5O2S/c18-9-12(10-19)17(11-20)21-13-6-14(22(23)24)8-16(7-13)25-15-4-2-1-3-5-15/h6-8,15,21H,1-5H2. The molecule has 1 aliphatic rings. The maximum absolute atomic E-state index is 11.2. The third kappa shape index (κ3) is 4.97. The Morgan fingerprint density at radius 3 is 2.36 bits per heavy atom. The maximum Gasteiger partial charge on any atom is 0.272 e. The molecular formula is C17H15N5O2S. The van der Waals surface area contributed by atoms with Crippen molar-refractivity contribution in [2.45, 2.75) is 42.2 Å². The first-order chi connectivity index (χ1) is 12.1. The largest absolute Gasteiger partial charge is 0.345 e. The molecule has 0 radical (unpaired) electrons. The normalized spacial score (nSPS) is 13.8. The van der Waals surface area contributed by atoms with E-state index in [0.717, 1.165) is 30.6 Å². The molecule has 1 fully saturated rings. The van der Waals surface area contributed by atoms with Crippen LogP contribution in [0.5, 0.6) is 0 Å². The highest BCUT2D eigenvalue weighted by atomic mass is 32.2. The lowest BCUT2D eigenvalue weighted by atomic mass is 10.0. The van der Waals surface area contributed by atoms with Crippen molar-refractivity contribution >= 4 is 23.1 Å². The minimum Gasteiger partial charge on any atom is -0.345 e. The molecule has 0 aromatic heterocycles. The van der Waals surface area contributed by atoms with Crippen LogP contribution in [0.3, 0.4) is 0 Å². The number of nitrogens with zero attached hydrogens (tertiary/aromatic N) is 4. The van der Waals surface area contributed by atoms with Crippen LogP contribution in [0.4, 0.5) is 11.4 Å². The van der Waals surface area contributed by atoms with E-state index in [-0.39, 0.29) is 17.0 Å². The highest BCUT2D eigenvalue weighted by Gasteiger charge is 2.18. The third-order valence-electron chi connectivity index (χ3n) is 3.81. The second-order valence-corrected chi connectivity index (χ2v) is 6.93. The van der Waals surface area contributed by atoms with Gasteiger partial charge < -0.3 is 5.32 Å². The number of benzene rings is 1. The van der Waals surface area contributed by atoms with Gasteiger partial charge in [-0.2, -0.15) is 15.8 Å². The fourth-order valence-electron chi connectivity index (χ4n) is 2.63. The summed E-state index contributed by atoms with van der Waals surface area (Å²) < 4.78 is 0. The summed E-state index contributed by atoms with van der Waals surface area (Å²) in [5.74, 6) is 0. The van der Waals surface area contributed by atoms with Crippen LogP contribution < -0.4 is 5.32 Å². The topological polar surface area (TPSA) is 127 Å². The molecule has 0 bridgehead atoms. The van der Waals surface area contributed by atoms with Crippen molar-refractivity contribution in [3.63, 3.8) is 0 Å². The highest BCUT2D eigenvalue weighted by Crippen LogP contribution is 2.36. The Morgan fingerprint density at radius 1 is 1.12 bits per heavy atom. The summed E-state index contributed by atoms with van der Waals surface area (Å²) in [5, 5.41) is 41.2. The molecule has 1 aromatic carbocycles. The molecule has 25 heavy (non-hydrogen) atoms. The summed E-state index contributed by atoms with van der Waals surface area (Å²) in [6.45, 7) is 0. The average molecular weight is 353 g/mol. The number of allylic oxidation sites excluding steroid dienone is 2. The van der Waals surface area contributed by atoms with Crippen molar-refractivity contribution in [1.82, 2.24) is 0 Å². The van der Waals surface area contributed by atoms with E-state index in [4.69, 9.17) is 15.8 Å². The summed E-state index contributed by atoms with van der Waals surface area (Å²) >= 11 is 1.59. The van der Waals surface area contributed by atoms with Crippen molar-refractivity contribution in [2.24, 2.45) is 0 Å². The van der Waals surface area contributed by atoms with Gasteiger partial charge in [0.05, 0.1) is 4.92 Å². The van der Waals surface area contributed by atoms with Crippen LogP contribution in [-0.4, -0.2) is 10.2 Å². The number of rotatable bonds is 5. The Kier molecular flexibility index (Phi) is 6.39. The van der Waals surface area contributed by atoms with Crippen LogP contribution in [-0.2, 0) is 0 Å². The van der Waals surface area contributed by atoms with E-state index < -0.39 is 4.92 Å². The summed E-state index contributed by atoms with van der Waals surface area (Å²) in [6.07, 6.45) is 5.69. The maximum atomic E-state index is 11.2. The lowest BCUT2D eigenvalue weighted by molar-refractivity contribution is -0.385. The molecule has 1 aromatic rings. The molecule has 2 rings (SSSR count). The Balaban J connectivity index is 2.33. The number of non-ortho nitro benzene ring substituents is 1. The van der Waals surface area contributed by atoms with E-state index in [1.165, 1.54) is 18.6 Å². The number of anilines is 1. The van der Waals surface area contributed by atoms with Gasteiger partial charge in [0.25, 0.3) is 5.69 Å². The SMILES string of the molecule is N#CC(C#N)=C(C#N)Nc1cc(SC2CCCCC2)cc([N+](=O)[O-])c1. The van der Waals surface area contributed by atoms with Crippen molar-refractivity contribution in [2.75, 3.05) is 5.32 Å². The van der Waals surface area contributed by atoms with Crippen LogP contribution in [0.25, 0.3) is 0 Å². The van der Waals surface area contributed by atoms with E-state index in [1.54, 1.807) is 36.0 Å². The summed E-state index contributed by atoms with van der Waals surface area (Å²) in [6, 6.07) is 9.52. The van der Waals surface area contributed by atoms with Gasteiger partial charge in [-0.05, 0) is 18.9 Å². The van der Waals surface area contributed by atoms with Crippen molar-refractivity contribution in [1.29, 1.82) is 15.8 Å². The highest BCUT2D eigenvalue weighted by molar-refractivity contribution is 8.00. The van der Waals surface area contributed by atoms with Gasteiger partial charge in [0.1, 0.15) is 23.9 Å². The summed E-state index contributed by atoms with van der Waals surface area (Å²) in [7, 11) is 0. The van der Waals surface area contributed by atoms with E-state index in [0.29, 0.717) is 10.9 Å². The lowest BCUT2D eigenvalue weighted by Gasteiger charge is -2.21. The summed E-state index contributed by atoms with van der Waals surface area (Å²) in [4.78, 5) is 11.4. The fourth-order valence-corrected chi connectivity index (χ4v) is 3.97. The van der Waals surface area contributed by atoms with Gasteiger partial charge in [0.2, 0.25) is 0 Å². The van der Waals surface area contributed by atoms with Crippen molar-refractivity contribution in [3.05, 3.63) is 39.6 Å². The number of nitrogens with one attached hydrogen (secondary N) is 1. The van der Waals surface area contributed by atoms with E-state index in [9.17, 15) is 10.1 Å². The number of hydrogen-bond acceptors (Lipinski definition) is 7. The van der Waals surface area contributed by atoms with E-state index in [2.05, 4.69) is 5.32 Å². The Hall–Kier alpha value is -3.02. The number of thioether (sulfide) groups is 1. The first-order valence-corrected chi connectivity index (χ1v) is 8.63. The fraction of sp³-hybridized carbons (Fsp3) is 0.353. The van der Waals surface area contributed by atoms with Gasteiger partial charge in [-0.25, -0.2) is 0 Å². The summed E-state index contributed by atoms with van der Waals surface area (Å²) in [5.41, 5.74) is -0.377. The molecule has 0 saturated heterocycles. The Labute approximate surface area is 149 Å². The molecule has 0 amide bonds. The zero-order valence-electron chi connectivity index (χ0n) is 13.4. The molecule has 0 heterocycles. The van der Waals surface area contributed by atoms with Crippen LogP contribution in [0.1, 0.15) is 32.1 Å². The molecule has 1 aliphatic carbocycles. The second-order valence-electron chi connectivity index (χ2n) is 5.56. The monoisotopic (exact) mass is 353 g/mol. The van der Waals surface area contributed by atoms with Crippen LogP contribution in [0.15, 0.2) is 34.4 Å². The zero-order valence-corrected chi connectivity index (χ0v) is 14.2. The van der Waals surface area contributed by atoms with Gasteiger partial charge in [0.15, 0.2) is 5.57 Å². The smallest absolute Gasteiger partial charge is 0.272 e. The Bertz CT molecular complexity index is 807. The van der Waals surface area contributed by atoms with E-state index in [1.807, 2.05) is 0 Å². The van der Waals surface area contributed by atoms with Crippen LogP contribution in [0.2, 0.25) is 0 Å². The molecule has 8 heteroatoms. The first-order valence-electron chi connectivity index (χ1n) is 7.75. The number of nitro benzene ring substituents is 1. The predicted octanol–water partition coefficient (Wildman–Crippen LogP) is 4.26. The second kappa shape index (κ2) is 8.73. The van der Waals surface area contributed by atoms with Gasteiger partial charge in [0, 0.05) is 28.0 Å². The average Bonchev–Trinajstić information content (AvgIpc) is 2.62. The van der Waals surface area contributed by atoms with Crippen molar-refractivity contribution in [3.8, 4) is 18.2 Å². The minimum absolute atomic E-state index is 0.101. The molecule has 0 unspecified atom stereocenters. The van der Waals surface area contributed by atoms with Crippen LogP contribution >= 0.6 is 11.8 Å². The molecule has 126 valence electrons. The number of nitriles is 3. The lowest BCUT2D eigenvalue weighted by Crippen LogP contribution is -2.08. The molecule has 0 atom stereocenters. The third-order valence-corrected chi connectivity index (χ3v) is 5.12. The number of nitro groups is 1. The van der Waals surface area contributed by atoms with Gasteiger partial charge in [-0.3, -0.25) is 10.1 Å². The predicted molar refractivity (Wildman–Crippen MR) is 93.3 cm³/mol. The van der Waals surface area contributed by atoms with Gasteiger partial charge in [-0.1, -0.05) is 19.3 Å². The van der Waals surface area contributed by atoms with Crippen molar-refractivity contribution < 1.29 is 4.92 Å². The van der Waals surface area contributed by atoms with E-state index >= 15 is 0 Å². The quantitative estimate of drug-likeness (QED) is 0.476. The molecular weight excluding hydrogens is 338 g/mol.